The smallest absolute Gasteiger partial charge is 0.232 e. The Kier molecular flexibility index (Phi) is 3.80. The van der Waals surface area contributed by atoms with Gasteiger partial charge in [0.1, 0.15) is 5.69 Å². The minimum atomic E-state index is -0.0988. The fraction of sp³-hybridized carbons (Fsp3) is 0.263. The molecule has 1 fully saturated rings. The molecular formula is C19H18N4O2. The summed E-state index contributed by atoms with van der Waals surface area (Å²) in [6.45, 7) is 4.61. The van der Waals surface area contributed by atoms with Crippen LogP contribution in [0.2, 0.25) is 0 Å². The van der Waals surface area contributed by atoms with Gasteiger partial charge in [0, 0.05) is 24.8 Å². The number of rotatable bonds is 3. The second-order valence-electron chi connectivity index (χ2n) is 6.42. The summed E-state index contributed by atoms with van der Waals surface area (Å²) in [6, 6.07) is 11.7. The summed E-state index contributed by atoms with van der Waals surface area (Å²) in [4.78, 5) is 22.9. The normalized spacial score (nSPS) is 17.3. The van der Waals surface area contributed by atoms with Crippen LogP contribution in [0, 0.1) is 13.8 Å². The summed E-state index contributed by atoms with van der Waals surface area (Å²) >= 11 is 0. The van der Waals surface area contributed by atoms with Gasteiger partial charge in [0.05, 0.1) is 5.92 Å². The second-order valence-corrected chi connectivity index (χ2v) is 6.42. The standard InChI is InChI=1S/C19H18N4O2/c1-12-7-13(2)9-15(8-12)23-11-14(10-17(23)24)19-21-18(22-25-19)16-5-3-4-6-20-16/h3-9,14H,10-11H2,1-2H3/t14-/m1/s1. The van der Waals surface area contributed by atoms with E-state index in [-0.39, 0.29) is 11.8 Å². The summed E-state index contributed by atoms with van der Waals surface area (Å²) in [5.74, 6) is 0.916. The number of hydrogen-bond donors (Lipinski definition) is 0. The lowest BCUT2D eigenvalue weighted by Gasteiger charge is -2.17. The van der Waals surface area contributed by atoms with Crippen LogP contribution < -0.4 is 4.90 Å². The average Bonchev–Trinajstić information content (AvgIpc) is 3.21. The van der Waals surface area contributed by atoms with Crippen LogP contribution in [0.15, 0.2) is 47.1 Å². The monoisotopic (exact) mass is 334 g/mol. The lowest BCUT2D eigenvalue weighted by atomic mass is 10.1. The first-order chi connectivity index (χ1) is 12.1. The molecule has 1 aromatic carbocycles. The quantitative estimate of drug-likeness (QED) is 0.735. The molecule has 3 heterocycles. The minimum Gasteiger partial charge on any atom is -0.339 e. The predicted molar refractivity (Wildman–Crippen MR) is 93.2 cm³/mol. The lowest BCUT2D eigenvalue weighted by molar-refractivity contribution is -0.117. The molecule has 1 amide bonds. The van der Waals surface area contributed by atoms with E-state index in [0.29, 0.717) is 30.4 Å². The van der Waals surface area contributed by atoms with E-state index in [0.717, 1.165) is 16.8 Å². The summed E-state index contributed by atoms with van der Waals surface area (Å²) < 4.78 is 5.40. The topological polar surface area (TPSA) is 72.1 Å². The Hall–Kier alpha value is -3.02. The van der Waals surface area contributed by atoms with Crippen molar-refractivity contribution in [2.75, 3.05) is 11.4 Å². The van der Waals surface area contributed by atoms with Gasteiger partial charge in [-0.05, 0) is 49.2 Å². The van der Waals surface area contributed by atoms with Gasteiger partial charge in [0.25, 0.3) is 0 Å². The number of nitrogens with zero attached hydrogens (tertiary/aromatic N) is 4. The first kappa shape index (κ1) is 15.5. The molecule has 0 bridgehead atoms. The Balaban J connectivity index is 1.57. The highest BCUT2D eigenvalue weighted by Crippen LogP contribution is 2.32. The number of amides is 1. The van der Waals surface area contributed by atoms with Crippen molar-refractivity contribution in [1.29, 1.82) is 0 Å². The van der Waals surface area contributed by atoms with E-state index in [9.17, 15) is 4.79 Å². The molecule has 0 aliphatic carbocycles. The summed E-state index contributed by atoms with van der Waals surface area (Å²) in [6.07, 6.45) is 2.06. The van der Waals surface area contributed by atoms with Crippen LogP contribution in [0.25, 0.3) is 11.5 Å². The fourth-order valence-electron chi connectivity index (χ4n) is 3.23. The Bertz CT molecular complexity index is 900. The van der Waals surface area contributed by atoms with Gasteiger partial charge in [0.15, 0.2) is 0 Å². The van der Waals surface area contributed by atoms with Crippen molar-refractivity contribution in [2.24, 2.45) is 0 Å². The van der Waals surface area contributed by atoms with Crippen LogP contribution in [-0.4, -0.2) is 27.6 Å². The molecule has 0 spiro atoms. The molecule has 1 saturated heterocycles. The Morgan fingerprint density at radius 2 is 1.96 bits per heavy atom. The molecular weight excluding hydrogens is 316 g/mol. The highest BCUT2D eigenvalue weighted by Gasteiger charge is 2.35. The highest BCUT2D eigenvalue weighted by atomic mass is 16.5. The minimum absolute atomic E-state index is 0.0765. The van der Waals surface area contributed by atoms with Crippen molar-refractivity contribution in [1.82, 2.24) is 15.1 Å². The van der Waals surface area contributed by atoms with Crippen molar-refractivity contribution in [3.63, 3.8) is 0 Å². The van der Waals surface area contributed by atoms with E-state index < -0.39 is 0 Å². The molecule has 0 radical (unpaired) electrons. The Morgan fingerprint density at radius 3 is 2.68 bits per heavy atom. The molecule has 2 aromatic heterocycles. The van der Waals surface area contributed by atoms with Gasteiger partial charge in [-0.15, -0.1) is 0 Å². The molecule has 0 unspecified atom stereocenters. The summed E-state index contributed by atoms with van der Waals surface area (Å²) in [7, 11) is 0. The van der Waals surface area contributed by atoms with Crippen LogP contribution >= 0.6 is 0 Å². The van der Waals surface area contributed by atoms with Gasteiger partial charge in [0.2, 0.25) is 17.6 Å². The molecule has 25 heavy (non-hydrogen) atoms. The van der Waals surface area contributed by atoms with Crippen molar-refractivity contribution < 1.29 is 9.32 Å². The van der Waals surface area contributed by atoms with E-state index in [2.05, 4.69) is 21.2 Å². The van der Waals surface area contributed by atoms with Crippen LogP contribution in [0.1, 0.15) is 29.4 Å². The van der Waals surface area contributed by atoms with Crippen LogP contribution in [0.3, 0.4) is 0 Å². The number of aryl methyl sites for hydroxylation is 2. The first-order valence-electron chi connectivity index (χ1n) is 8.24. The largest absolute Gasteiger partial charge is 0.339 e. The zero-order valence-corrected chi connectivity index (χ0v) is 14.1. The molecule has 1 aliphatic rings. The fourth-order valence-corrected chi connectivity index (χ4v) is 3.23. The molecule has 4 rings (SSSR count). The maximum atomic E-state index is 12.5. The van der Waals surface area contributed by atoms with E-state index >= 15 is 0 Å². The number of hydrogen-bond acceptors (Lipinski definition) is 5. The number of anilines is 1. The van der Waals surface area contributed by atoms with Gasteiger partial charge in [-0.2, -0.15) is 4.98 Å². The number of carbonyl (C=O) groups excluding carboxylic acids is 1. The summed E-state index contributed by atoms with van der Waals surface area (Å²) in [5.41, 5.74) is 3.87. The molecule has 1 aliphatic heterocycles. The van der Waals surface area contributed by atoms with E-state index in [1.54, 1.807) is 11.1 Å². The number of pyridine rings is 1. The number of aromatic nitrogens is 3. The van der Waals surface area contributed by atoms with Gasteiger partial charge < -0.3 is 9.42 Å². The third-order valence-corrected chi connectivity index (χ3v) is 4.33. The van der Waals surface area contributed by atoms with Crippen molar-refractivity contribution >= 4 is 11.6 Å². The van der Waals surface area contributed by atoms with Crippen LogP contribution in [0.5, 0.6) is 0 Å². The zero-order chi connectivity index (χ0) is 17.4. The maximum absolute atomic E-state index is 12.5. The van der Waals surface area contributed by atoms with E-state index in [1.165, 1.54) is 0 Å². The highest BCUT2D eigenvalue weighted by molar-refractivity contribution is 5.96. The van der Waals surface area contributed by atoms with Gasteiger partial charge in [-0.3, -0.25) is 9.78 Å². The van der Waals surface area contributed by atoms with Crippen molar-refractivity contribution in [2.45, 2.75) is 26.2 Å². The van der Waals surface area contributed by atoms with Crippen LogP contribution in [-0.2, 0) is 4.79 Å². The number of carbonyl (C=O) groups is 1. The average molecular weight is 334 g/mol. The zero-order valence-electron chi connectivity index (χ0n) is 14.1. The van der Waals surface area contributed by atoms with Crippen molar-refractivity contribution in [3.8, 4) is 11.5 Å². The number of benzene rings is 1. The SMILES string of the molecule is Cc1cc(C)cc(N2C[C@H](c3nc(-c4ccccn4)no3)CC2=O)c1. The molecule has 6 nitrogen and oxygen atoms in total. The lowest BCUT2D eigenvalue weighted by Crippen LogP contribution is -2.24. The molecule has 126 valence electrons. The first-order valence-corrected chi connectivity index (χ1v) is 8.24. The third-order valence-electron chi connectivity index (χ3n) is 4.33. The predicted octanol–water partition coefficient (Wildman–Crippen LogP) is 3.27. The van der Waals surface area contributed by atoms with Crippen molar-refractivity contribution in [3.05, 3.63) is 59.6 Å². The Morgan fingerprint density at radius 1 is 1.16 bits per heavy atom. The van der Waals surface area contributed by atoms with Gasteiger partial charge in [-0.25, -0.2) is 0 Å². The Labute approximate surface area is 145 Å². The van der Waals surface area contributed by atoms with Gasteiger partial charge >= 0.3 is 0 Å². The second kappa shape index (κ2) is 6.12. The third kappa shape index (κ3) is 3.03. The summed E-state index contributed by atoms with van der Waals surface area (Å²) in [5, 5.41) is 4.00. The molecule has 1 atom stereocenters. The van der Waals surface area contributed by atoms with Crippen LogP contribution in [0.4, 0.5) is 5.69 Å². The van der Waals surface area contributed by atoms with Gasteiger partial charge in [-0.1, -0.05) is 17.3 Å². The van der Waals surface area contributed by atoms with E-state index in [1.807, 2.05) is 44.2 Å². The maximum Gasteiger partial charge on any atom is 0.232 e. The van der Waals surface area contributed by atoms with E-state index in [4.69, 9.17) is 4.52 Å². The molecule has 0 N–H and O–H groups in total. The molecule has 3 aromatic rings. The molecule has 6 heteroatoms. The molecule has 0 saturated carbocycles.